The zero-order chi connectivity index (χ0) is 14.4. The van der Waals surface area contributed by atoms with Gasteiger partial charge in [-0.15, -0.1) is 0 Å². The molecule has 0 aromatic heterocycles. The minimum atomic E-state index is -1.20. The molecule has 19 heavy (non-hydrogen) atoms. The van der Waals surface area contributed by atoms with E-state index in [4.69, 9.17) is 21.8 Å². The number of rotatable bonds is 5. The lowest BCUT2D eigenvalue weighted by Crippen LogP contribution is -2.43. The number of aryl methyl sites for hydroxylation is 1. The Morgan fingerprint density at radius 3 is 2.68 bits per heavy atom. The average molecular weight is 287 g/mol. The summed E-state index contributed by atoms with van der Waals surface area (Å²) in [6.45, 7) is 1.46. The van der Waals surface area contributed by atoms with Crippen molar-refractivity contribution < 1.29 is 19.8 Å². The quantitative estimate of drug-likeness (QED) is 0.661. The molecule has 0 fully saturated rings. The fraction of sp³-hybridized carbons (Fsp3) is 0.333. The number of hydrogen-bond donors (Lipinski definition) is 4. The van der Waals surface area contributed by atoms with Crippen LogP contribution in [0.2, 0.25) is 5.02 Å². The number of carboxylic acid groups (broad SMARTS) is 1. The molecule has 2 amide bonds. The van der Waals surface area contributed by atoms with Gasteiger partial charge in [0, 0.05) is 23.7 Å². The van der Waals surface area contributed by atoms with E-state index in [1.165, 1.54) is 0 Å². The second-order valence-corrected chi connectivity index (χ2v) is 4.40. The van der Waals surface area contributed by atoms with E-state index in [1.807, 2.05) is 0 Å². The third-order valence-electron chi connectivity index (χ3n) is 2.47. The summed E-state index contributed by atoms with van der Waals surface area (Å²) >= 11 is 5.81. The highest BCUT2D eigenvalue weighted by molar-refractivity contribution is 6.31. The van der Waals surface area contributed by atoms with Crippen molar-refractivity contribution in [2.24, 2.45) is 0 Å². The van der Waals surface area contributed by atoms with Crippen LogP contribution < -0.4 is 10.6 Å². The standard InChI is InChI=1S/C12H15ClN2O4/c1-7-2-3-8(13)6-10(7)15-12(19)14-9(4-5-16)11(17)18/h2-3,6,9,16H,4-5H2,1H3,(H,17,18)(H2,14,15,19). The molecule has 1 rings (SSSR count). The van der Waals surface area contributed by atoms with Crippen molar-refractivity contribution in [3.05, 3.63) is 28.8 Å². The fourth-order valence-electron chi connectivity index (χ4n) is 1.43. The number of benzene rings is 1. The second kappa shape index (κ2) is 6.96. The molecule has 0 bridgehead atoms. The lowest BCUT2D eigenvalue weighted by molar-refractivity contribution is -0.139. The largest absolute Gasteiger partial charge is 0.480 e. The van der Waals surface area contributed by atoms with Crippen molar-refractivity contribution >= 4 is 29.3 Å². The molecule has 7 heteroatoms. The van der Waals surface area contributed by atoms with Gasteiger partial charge in [-0.25, -0.2) is 9.59 Å². The zero-order valence-electron chi connectivity index (χ0n) is 10.3. The number of urea groups is 1. The van der Waals surface area contributed by atoms with Crippen LogP contribution in [0, 0.1) is 6.92 Å². The highest BCUT2D eigenvalue weighted by atomic mass is 35.5. The minimum Gasteiger partial charge on any atom is -0.480 e. The first kappa shape index (κ1) is 15.3. The first-order valence-corrected chi connectivity index (χ1v) is 5.99. The van der Waals surface area contributed by atoms with Crippen molar-refractivity contribution in [1.82, 2.24) is 5.32 Å². The normalized spacial score (nSPS) is 11.7. The van der Waals surface area contributed by atoms with E-state index in [-0.39, 0.29) is 13.0 Å². The summed E-state index contributed by atoms with van der Waals surface area (Å²) in [7, 11) is 0. The van der Waals surface area contributed by atoms with E-state index >= 15 is 0 Å². The Kier molecular flexibility index (Phi) is 5.59. The van der Waals surface area contributed by atoms with Crippen LogP contribution in [0.15, 0.2) is 18.2 Å². The first-order valence-electron chi connectivity index (χ1n) is 5.61. The molecule has 0 aliphatic heterocycles. The van der Waals surface area contributed by atoms with Crippen molar-refractivity contribution in [2.75, 3.05) is 11.9 Å². The summed E-state index contributed by atoms with van der Waals surface area (Å²) in [5, 5.41) is 22.8. The van der Waals surface area contributed by atoms with Gasteiger partial charge in [0.05, 0.1) is 0 Å². The maximum absolute atomic E-state index is 11.7. The highest BCUT2D eigenvalue weighted by Gasteiger charge is 2.19. The zero-order valence-corrected chi connectivity index (χ0v) is 11.1. The molecule has 6 nitrogen and oxygen atoms in total. The minimum absolute atomic E-state index is 0.0583. The van der Waals surface area contributed by atoms with Gasteiger partial charge >= 0.3 is 12.0 Å². The number of aliphatic hydroxyl groups is 1. The summed E-state index contributed by atoms with van der Waals surface area (Å²) < 4.78 is 0. The Bertz CT molecular complexity index is 479. The lowest BCUT2D eigenvalue weighted by atomic mass is 10.2. The number of hydrogen-bond acceptors (Lipinski definition) is 3. The molecule has 104 valence electrons. The molecule has 0 aliphatic rings. The van der Waals surface area contributed by atoms with Gasteiger partial charge in [0.1, 0.15) is 6.04 Å². The Balaban J connectivity index is 2.68. The van der Waals surface area contributed by atoms with Gasteiger partial charge in [0.15, 0.2) is 0 Å². The number of halogens is 1. The molecule has 0 spiro atoms. The Labute approximate surface area is 115 Å². The van der Waals surface area contributed by atoms with Crippen LogP contribution in [-0.4, -0.2) is 34.9 Å². The summed E-state index contributed by atoms with van der Waals surface area (Å²) in [6, 6.07) is 3.19. The third-order valence-corrected chi connectivity index (χ3v) is 2.70. The van der Waals surface area contributed by atoms with E-state index < -0.39 is 18.0 Å². The lowest BCUT2D eigenvalue weighted by Gasteiger charge is -2.15. The molecular weight excluding hydrogens is 272 g/mol. The van der Waals surface area contributed by atoms with Crippen LogP contribution in [0.5, 0.6) is 0 Å². The van der Waals surface area contributed by atoms with Gasteiger partial charge in [0.25, 0.3) is 0 Å². The van der Waals surface area contributed by atoms with Crippen LogP contribution in [0.3, 0.4) is 0 Å². The maximum atomic E-state index is 11.7. The summed E-state index contributed by atoms with van der Waals surface area (Å²) in [6.07, 6.45) is -0.0583. The van der Waals surface area contributed by atoms with Crippen LogP contribution in [0.4, 0.5) is 10.5 Å². The van der Waals surface area contributed by atoms with Crippen molar-refractivity contribution in [1.29, 1.82) is 0 Å². The van der Waals surface area contributed by atoms with E-state index in [9.17, 15) is 9.59 Å². The molecule has 0 radical (unpaired) electrons. The van der Waals surface area contributed by atoms with E-state index in [0.717, 1.165) is 5.56 Å². The molecule has 1 atom stereocenters. The number of amides is 2. The maximum Gasteiger partial charge on any atom is 0.326 e. The number of carbonyl (C=O) groups is 2. The fourth-order valence-corrected chi connectivity index (χ4v) is 1.60. The van der Waals surface area contributed by atoms with E-state index in [0.29, 0.717) is 10.7 Å². The first-order chi connectivity index (χ1) is 8.93. The van der Waals surface area contributed by atoms with Crippen molar-refractivity contribution in [3.8, 4) is 0 Å². The van der Waals surface area contributed by atoms with Crippen molar-refractivity contribution in [3.63, 3.8) is 0 Å². The third kappa shape index (κ3) is 4.76. The molecule has 0 heterocycles. The van der Waals surface area contributed by atoms with Crippen LogP contribution >= 0.6 is 11.6 Å². The van der Waals surface area contributed by atoms with Crippen LogP contribution in [0.25, 0.3) is 0 Å². The predicted molar refractivity (Wildman–Crippen MR) is 71.5 cm³/mol. The number of aliphatic carboxylic acids is 1. The monoisotopic (exact) mass is 286 g/mol. The molecular formula is C12H15ClN2O4. The summed E-state index contributed by atoms with van der Waals surface area (Å²) in [5.41, 5.74) is 1.30. The van der Waals surface area contributed by atoms with E-state index in [2.05, 4.69) is 10.6 Å². The smallest absolute Gasteiger partial charge is 0.326 e. The number of aliphatic hydroxyl groups excluding tert-OH is 1. The summed E-state index contributed by atoms with van der Waals surface area (Å²) in [5.74, 6) is -1.20. The average Bonchev–Trinajstić information content (AvgIpc) is 2.33. The number of carbonyl (C=O) groups excluding carboxylic acids is 1. The Morgan fingerprint density at radius 2 is 2.11 bits per heavy atom. The number of carboxylic acids is 1. The Morgan fingerprint density at radius 1 is 1.42 bits per heavy atom. The van der Waals surface area contributed by atoms with Gasteiger partial charge in [-0.05, 0) is 24.6 Å². The SMILES string of the molecule is Cc1ccc(Cl)cc1NC(=O)NC(CCO)C(=O)O. The summed E-state index contributed by atoms with van der Waals surface area (Å²) in [4.78, 5) is 22.5. The molecule has 1 aromatic carbocycles. The molecule has 0 aliphatic carbocycles. The second-order valence-electron chi connectivity index (χ2n) is 3.96. The van der Waals surface area contributed by atoms with Gasteiger partial charge in [0.2, 0.25) is 0 Å². The van der Waals surface area contributed by atoms with Crippen LogP contribution in [-0.2, 0) is 4.79 Å². The highest BCUT2D eigenvalue weighted by Crippen LogP contribution is 2.19. The van der Waals surface area contributed by atoms with Gasteiger partial charge in [-0.3, -0.25) is 0 Å². The van der Waals surface area contributed by atoms with Crippen LogP contribution in [0.1, 0.15) is 12.0 Å². The van der Waals surface area contributed by atoms with Gasteiger partial charge in [-0.2, -0.15) is 0 Å². The number of nitrogens with one attached hydrogen (secondary N) is 2. The molecule has 1 unspecified atom stereocenters. The van der Waals surface area contributed by atoms with E-state index in [1.54, 1.807) is 25.1 Å². The molecule has 0 saturated carbocycles. The van der Waals surface area contributed by atoms with Gasteiger partial charge in [-0.1, -0.05) is 17.7 Å². The molecule has 0 saturated heterocycles. The van der Waals surface area contributed by atoms with Gasteiger partial charge < -0.3 is 20.8 Å². The number of anilines is 1. The Hall–Kier alpha value is -1.79. The van der Waals surface area contributed by atoms with Crippen molar-refractivity contribution in [2.45, 2.75) is 19.4 Å². The topological polar surface area (TPSA) is 98.7 Å². The molecule has 4 N–H and O–H groups in total. The molecule has 1 aromatic rings. The predicted octanol–water partition coefficient (Wildman–Crippen LogP) is 1.61.